The lowest BCUT2D eigenvalue weighted by molar-refractivity contribution is 0.603. The van der Waals surface area contributed by atoms with Gasteiger partial charge in [-0.15, -0.1) is 0 Å². The Morgan fingerprint density at radius 1 is 1.20 bits per heavy atom. The molecule has 74 valence electrons. The molecule has 0 fully saturated rings. The van der Waals surface area contributed by atoms with Crippen molar-refractivity contribution < 1.29 is 4.55 Å². The highest BCUT2D eigenvalue weighted by molar-refractivity contribution is 7.94. The second-order valence-electron chi connectivity index (χ2n) is 3.32. The highest BCUT2D eigenvalue weighted by atomic mass is 32.2. The molecule has 1 atom stereocenters. The Balaban J connectivity index is 2.59. The second kappa shape index (κ2) is 2.98. The van der Waals surface area contributed by atoms with Gasteiger partial charge in [0.15, 0.2) is 4.90 Å². The summed E-state index contributed by atoms with van der Waals surface area (Å²) in [6, 6.07) is 8.82. The van der Waals surface area contributed by atoms with E-state index in [0.29, 0.717) is 4.90 Å². The first-order chi connectivity index (χ1) is 7.27. The summed E-state index contributed by atoms with van der Waals surface area (Å²) >= 11 is -1.14. The fourth-order valence-corrected chi connectivity index (χ4v) is 2.78. The standard InChI is InChI=1S/C11H7NO2S/c13-10-5-4-8-2-1-3-9-11(8)12(10)6-7-15(9)14/h1-7H. The molecule has 15 heavy (non-hydrogen) atoms. The average Bonchev–Trinajstić information content (AvgIpc) is 2.26. The molecule has 2 aromatic rings. The Bertz CT molecular complexity index is 630. The van der Waals surface area contributed by atoms with Gasteiger partial charge in [-0.2, -0.15) is 0 Å². The molecule has 1 unspecified atom stereocenters. The van der Waals surface area contributed by atoms with Crippen LogP contribution in [0.3, 0.4) is 0 Å². The van der Waals surface area contributed by atoms with Crippen molar-refractivity contribution in [3.8, 4) is 0 Å². The molecule has 0 radical (unpaired) electrons. The van der Waals surface area contributed by atoms with E-state index in [0.717, 1.165) is 10.9 Å². The van der Waals surface area contributed by atoms with Gasteiger partial charge in [0, 0.05) is 22.6 Å². The van der Waals surface area contributed by atoms with Crippen molar-refractivity contribution >= 4 is 28.3 Å². The van der Waals surface area contributed by atoms with E-state index in [1.165, 1.54) is 16.0 Å². The molecule has 1 aromatic heterocycles. The van der Waals surface area contributed by atoms with Crippen molar-refractivity contribution in [3.63, 3.8) is 0 Å². The first-order valence-electron chi connectivity index (χ1n) is 4.50. The molecule has 0 N–H and O–H groups in total. The third-order valence-electron chi connectivity index (χ3n) is 2.46. The lowest BCUT2D eigenvalue weighted by Gasteiger charge is -2.15. The molecular formula is C11H7NO2S. The molecule has 0 amide bonds. The minimum Gasteiger partial charge on any atom is -0.607 e. The molecule has 2 heterocycles. The van der Waals surface area contributed by atoms with Gasteiger partial charge in [-0.25, -0.2) is 0 Å². The SMILES string of the molecule is O=c1ccc2cccc3c2n1C=C[S+]3[O-]. The quantitative estimate of drug-likeness (QED) is 0.628. The molecule has 0 spiro atoms. The maximum Gasteiger partial charge on any atom is 0.255 e. The van der Waals surface area contributed by atoms with Crippen LogP contribution in [-0.2, 0) is 11.2 Å². The maximum atomic E-state index is 11.7. The van der Waals surface area contributed by atoms with Gasteiger partial charge in [0.05, 0.1) is 6.20 Å². The zero-order chi connectivity index (χ0) is 10.4. The molecule has 0 bridgehead atoms. The zero-order valence-electron chi connectivity index (χ0n) is 7.71. The van der Waals surface area contributed by atoms with Gasteiger partial charge < -0.3 is 4.55 Å². The summed E-state index contributed by atoms with van der Waals surface area (Å²) in [5.74, 6) is 0. The molecule has 0 saturated heterocycles. The monoisotopic (exact) mass is 217 g/mol. The van der Waals surface area contributed by atoms with Crippen LogP contribution in [0.5, 0.6) is 0 Å². The number of para-hydroxylation sites is 1. The predicted octanol–water partition coefficient (Wildman–Crippen LogP) is 1.55. The summed E-state index contributed by atoms with van der Waals surface area (Å²) in [5, 5.41) is 2.47. The molecule has 4 heteroatoms. The van der Waals surface area contributed by atoms with Gasteiger partial charge in [0.1, 0.15) is 10.9 Å². The van der Waals surface area contributed by atoms with Gasteiger partial charge in [0.25, 0.3) is 5.56 Å². The average molecular weight is 217 g/mol. The molecule has 1 aromatic carbocycles. The number of benzene rings is 1. The fourth-order valence-electron chi connectivity index (χ4n) is 1.78. The van der Waals surface area contributed by atoms with E-state index in [1.54, 1.807) is 18.3 Å². The van der Waals surface area contributed by atoms with Crippen LogP contribution >= 0.6 is 0 Å². The largest absolute Gasteiger partial charge is 0.607 e. The van der Waals surface area contributed by atoms with Crippen LogP contribution in [0.4, 0.5) is 0 Å². The normalized spacial score (nSPS) is 18.3. The van der Waals surface area contributed by atoms with Gasteiger partial charge in [0.2, 0.25) is 0 Å². The van der Waals surface area contributed by atoms with Gasteiger partial charge in [-0.3, -0.25) is 9.36 Å². The summed E-state index contributed by atoms with van der Waals surface area (Å²) in [6.07, 6.45) is 1.58. The Morgan fingerprint density at radius 2 is 2.07 bits per heavy atom. The topological polar surface area (TPSA) is 45.1 Å². The Hall–Kier alpha value is -1.52. The van der Waals surface area contributed by atoms with Crippen LogP contribution in [-0.4, -0.2) is 9.12 Å². The van der Waals surface area contributed by atoms with Crippen molar-refractivity contribution in [2.24, 2.45) is 0 Å². The van der Waals surface area contributed by atoms with E-state index < -0.39 is 11.2 Å². The van der Waals surface area contributed by atoms with Crippen molar-refractivity contribution in [1.29, 1.82) is 0 Å². The van der Waals surface area contributed by atoms with E-state index in [2.05, 4.69) is 0 Å². The van der Waals surface area contributed by atoms with E-state index in [4.69, 9.17) is 0 Å². The van der Waals surface area contributed by atoms with Crippen LogP contribution in [0, 0.1) is 0 Å². The van der Waals surface area contributed by atoms with E-state index in [-0.39, 0.29) is 5.56 Å². The smallest absolute Gasteiger partial charge is 0.255 e. The van der Waals surface area contributed by atoms with Gasteiger partial charge >= 0.3 is 0 Å². The van der Waals surface area contributed by atoms with Crippen LogP contribution in [0.1, 0.15) is 0 Å². The number of aromatic nitrogens is 1. The van der Waals surface area contributed by atoms with E-state index in [9.17, 15) is 9.35 Å². The summed E-state index contributed by atoms with van der Waals surface area (Å²) in [5.41, 5.74) is 0.661. The van der Waals surface area contributed by atoms with Crippen LogP contribution in [0.2, 0.25) is 0 Å². The van der Waals surface area contributed by atoms with Crippen molar-refractivity contribution in [2.45, 2.75) is 4.90 Å². The van der Waals surface area contributed by atoms with Crippen LogP contribution in [0.25, 0.3) is 17.1 Å². The van der Waals surface area contributed by atoms with Crippen LogP contribution in [0.15, 0.2) is 45.4 Å². The summed E-state index contributed by atoms with van der Waals surface area (Å²) in [7, 11) is 0. The number of hydrogen-bond donors (Lipinski definition) is 0. The van der Waals surface area contributed by atoms with Crippen molar-refractivity contribution in [3.05, 3.63) is 46.1 Å². The minimum absolute atomic E-state index is 0.0945. The summed E-state index contributed by atoms with van der Waals surface area (Å²) < 4.78 is 13.2. The lowest BCUT2D eigenvalue weighted by Crippen LogP contribution is -2.19. The maximum absolute atomic E-state index is 11.7. The molecule has 0 aliphatic carbocycles. The first-order valence-corrected chi connectivity index (χ1v) is 5.72. The highest BCUT2D eigenvalue weighted by Crippen LogP contribution is 2.26. The summed E-state index contributed by atoms with van der Waals surface area (Å²) in [4.78, 5) is 12.3. The van der Waals surface area contributed by atoms with Gasteiger partial charge in [-0.05, 0) is 12.1 Å². The molecule has 3 nitrogen and oxygen atoms in total. The Labute approximate surface area is 88.8 Å². The molecular weight excluding hydrogens is 210 g/mol. The Kier molecular flexibility index (Phi) is 1.74. The summed E-state index contributed by atoms with van der Waals surface area (Å²) in [6.45, 7) is 0. The number of hydrogen-bond acceptors (Lipinski definition) is 2. The van der Waals surface area contributed by atoms with Crippen LogP contribution < -0.4 is 5.56 Å². The predicted molar refractivity (Wildman–Crippen MR) is 59.9 cm³/mol. The molecule has 1 aliphatic heterocycles. The molecule has 1 aliphatic rings. The van der Waals surface area contributed by atoms with Crippen molar-refractivity contribution in [2.75, 3.05) is 0 Å². The molecule has 0 saturated carbocycles. The highest BCUT2D eigenvalue weighted by Gasteiger charge is 2.19. The van der Waals surface area contributed by atoms with Crippen molar-refractivity contribution in [1.82, 2.24) is 4.57 Å². The first kappa shape index (κ1) is 8.76. The van der Waals surface area contributed by atoms with E-state index in [1.807, 2.05) is 12.1 Å². The molecule has 3 rings (SSSR count). The zero-order valence-corrected chi connectivity index (χ0v) is 8.53. The number of nitrogens with zero attached hydrogens (tertiary/aromatic N) is 1. The fraction of sp³-hybridized carbons (Fsp3) is 0. The Morgan fingerprint density at radius 3 is 2.93 bits per heavy atom. The number of pyridine rings is 1. The second-order valence-corrected chi connectivity index (χ2v) is 4.62. The van der Waals surface area contributed by atoms with E-state index >= 15 is 0 Å². The lowest BCUT2D eigenvalue weighted by atomic mass is 10.2. The third-order valence-corrected chi connectivity index (χ3v) is 3.60. The minimum atomic E-state index is -1.14. The third kappa shape index (κ3) is 1.15. The number of rotatable bonds is 0. The van der Waals surface area contributed by atoms with Gasteiger partial charge in [-0.1, -0.05) is 12.1 Å².